The highest BCUT2D eigenvalue weighted by atomic mass is 14.8. The molecule has 8 aromatic rings. The predicted octanol–water partition coefficient (Wildman–Crippen LogP) is 17.0. The van der Waals surface area contributed by atoms with E-state index in [0.717, 1.165) is 52.4 Å². The van der Waals surface area contributed by atoms with Crippen LogP contribution in [-0.2, 0) is 21.7 Å². The van der Waals surface area contributed by atoms with Crippen molar-refractivity contribution in [3.63, 3.8) is 0 Å². The minimum absolute atomic E-state index is 0.0163. The Labute approximate surface area is 409 Å². The predicted molar refractivity (Wildman–Crippen MR) is 288 cm³/mol. The molecule has 5 aromatic carbocycles. The first-order chi connectivity index (χ1) is 33.2. The highest BCUT2D eigenvalue weighted by Gasteiger charge is 2.42. The van der Waals surface area contributed by atoms with Gasteiger partial charge in [-0.25, -0.2) is 9.97 Å². The van der Waals surface area contributed by atoms with Gasteiger partial charge in [-0.1, -0.05) is 178 Å². The van der Waals surface area contributed by atoms with E-state index in [-0.39, 0.29) is 27.6 Å². The molecule has 3 nitrogen and oxygen atoms in total. The zero-order chi connectivity index (χ0) is 47.8. The van der Waals surface area contributed by atoms with Gasteiger partial charge in [0.05, 0.1) is 28.5 Å². The summed E-state index contributed by atoms with van der Waals surface area (Å²) in [6, 6.07) is 52.3. The summed E-state index contributed by atoms with van der Waals surface area (Å²) in [6.45, 7) is 23.3. The number of hydrogen-bond donors (Lipinski definition) is 0. The summed E-state index contributed by atoms with van der Waals surface area (Å²) in [5.74, 6) is 0.257. The molecule has 12 rings (SSSR count). The lowest BCUT2D eigenvalue weighted by atomic mass is 9.74. The Kier molecular flexibility index (Phi) is 9.58. The van der Waals surface area contributed by atoms with Crippen LogP contribution in [0, 0.1) is 0 Å². The summed E-state index contributed by atoms with van der Waals surface area (Å²) < 4.78 is 0. The molecule has 1 unspecified atom stereocenters. The highest BCUT2D eigenvalue weighted by Crippen LogP contribution is 2.54. The van der Waals surface area contributed by atoms with Crippen LogP contribution < -0.4 is 0 Å². The molecule has 3 heteroatoms. The molecule has 0 aliphatic heterocycles. The summed E-state index contributed by atoms with van der Waals surface area (Å²) in [7, 11) is 0. The lowest BCUT2D eigenvalue weighted by molar-refractivity contribution is 0.490. The maximum Gasteiger partial charge on any atom is 0.0753 e. The minimum Gasteiger partial charge on any atom is -0.256 e. The second kappa shape index (κ2) is 15.3. The topological polar surface area (TPSA) is 38.7 Å². The molecular formula is C66H61N3. The summed E-state index contributed by atoms with van der Waals surface area (Å²) in [6.07, 6.45) is 8.83. The van der Waals surface area contributed by atoms with Gasteiger partial charge < -0.3 is 0 Å². The van der Waals surface area contributed by atoms with Gasteiger partial charge in [0.15, 0.2) is 0 Å². The second-order valence-corrected chi connectivity index (χ2v) is 21.9. The lowest BCUT2D eigenvalue weighted by Gasteiger charge is -2.29. The molecule has 0 radical (unpaired) electrons. The Morgan fingerprint density at radius 2 is 1.00 bits per heavy atom. The van der Waals surface area contributed by atoms with E-state index in [0.29, 0.717) is 0 Å². The fraction of sp³-hybridized carbons (Fsp3) is 0.258. The number of fused-ring (bicyclic) bond motifs is 10. The molecule has 4 aliphatic rings. The number of benzene rings is 5. The fourth-order valence-electron chi connectivity index (χ4n) is 13.1. The van der Waals surface area contributed by atoms with Crippen LogP contribution in [0.2, 0.25) is 0 Å². The van der Waals surface area contributed by atoms with Crippen molar-refractivity contribution < 1.29 is 0 Å². The SMILES string of the molecule is CCC1(CC)c2ccccc2-c2nc(-c3ccc4c(c3)-c3nc(-c5ccc(-c6ccc7c(c6)C(C)=C(/C=C\C(C)c6ccc8c(c6)-c6ncccc6C8(C)C)C7(C)C)cc5)ccc3C4(C)C)ccc21. The van der Waals surface area contributed by atoms with Crippen LogP contribution in [0.4, 0.5) is 0 Å². The van der Waals surface area contributed by atoms with Gasteiger partial charge in [-0.2, -0.15) is 0 Å². The van der Waals surface area contributed by atoms with Gasteiger partial charge in [0.25, 0.3) is 0 Å². The molecule has 0 N–H and O–H groups in total. The second-order valence-electron chi connectivity index (χ2n) is 21.9. The van der Waals surface area contributed by atoms with Crippen molar-refractivity contribution in [2.24, 2.45) is 0 Å². The lowest BCUT2D eigenvalue weighted by Crippen LogP contribution is -2.23. The van der Waals surface area contributed by atoms with Crippen molar-refractivity contribution >= 4 is 5.57 Å². The largest absolute Gasteiger partial charge is 0.256 e. The van der Waals surface area contributed by atoms with Crippen LogP contribution in [-0.4, -0.2) is 15.0 Å². The standard InChI is InChI=1S/C66H61N3/c1-11-66(12-2)54-17-14-13-16-46(54)61-57(66)32-34-59(69-61)45-26-30-53-49(38-45)62-56(65(53,9)10)31-33-58(68-62)42-22-20-41(21-23-42)44-25-29-51-47(37-44)40(4)50(63(51,5)6)27-19-39(3)43-24-28-52-48(36-43)60-55(64(52,7)8)18-15-35-67-60/h13-39H,11-12H2,1-10H3/b27-19-. The molecule has 69 heavy (non-hydrogen) atoms. The van der Waals surface area contributed by atoms with Gasteiger partial charge in [0.2, 0.25) is 0 Å². The third-order valence-corrected chi connectivity index (χ3v) is 17.3. The molecule has 0 bridgehead atoms. The first-order valence-corrected chi connectivity index (χ1v) is 25.2. The monoisotopic (exact) mass is 895 g/mol. The molecule has 340 valence electrons. The van der Waals surface area contributed by atoms with E-state index in [9.17, 15) is 0 Å². The van der Waals surface area contributed by atoms with Crippen LogP contribution in [0.3, 0.4) is 0 Å². The number of nitrogens with zero attached hydrogens (tertiary/aromatic N) is 3. The molecule has 0 saturated heterocycles. The zero-order valence-corrected chi connectivity index (χ0v) is 41.8. The van der Waals surface area contributed by atoms with Crippen molar-refractivity contribution in [1.82, 2.24) is 15.0 Å². The van der Waals surface area contributed by atoms with Crippen LogP contribution >= 0.6 is 0 Å². The number of allylic oxidation sites excluding steroid dienone is 4. The maximum absolute atomic E-state index is 5.45. The Hall–Kier alpha value is -6.97. The summed E-state index contributed by atoms with van der Waals surface area (Å²) in [5, 5.41) is 0. The summed E-state index contributed by atoms with van der Waals surface area (Å²) in [5.41, 5.74) is 28.3. The minimum atomic E-state index is -0.154. The van der Waals surface area contributed by atoms with Gasteiger partial charge in [0, 0.05) is 55.7 Å². The first-order valence-electron chi connectivity index (χ1n) is 25.2. The van der Waals surface area contributed by atoms with E-state index in [4.69, 9.17) is 15.0 Å². The number of hydrogen-bond acceptors (Lipinski definition) is 3. The van der Waals surface area contributed by atoms with Gasteiger partial charge in [0.1, 0.15) is 0 Å². The molecule has 4 aliphatic carbocycles. The summed E-state index contributed by atoms with van der Waals surface area (Å²) in [4.78, 5) is 15.7. The van der Waals surface area contributed by atoms with Crippen molar-refractivity contribution in [2.75, 3.05) is 0 Å². The van der Waals surface area contributed by atoms with E-state index >= 15 is 0 Å². The van der Waals surface area contributed by atoms with Crippen molar-refractivity contribution in [1.29, 1.82) is 0 Å². The van der Waals surface area contributed by atoms with Crippen molar-refractivity contribution in [3.05, 3.63) is 214 Å². The van der Waals surface area contributed by atoms with E-state index in [1.807, 2.05) is 6.20 Å². The Morgan fingerprint density at radius 1 is 0.464 bits per heavy atom. The fourth-order valence-corrected chi connectivity index (χ4v) is 13.1. The molecule has 0 saturated carbocycles. The van der Waals surface area contributed by atoms with Crippen LogP contribution in [0.1, 0.15) is 138 Å². The molecule has 3 aromatic heterocycles. The number of pyridine rings is 3. The van der Waals surface area contributed by atoms with Crippen molar-refractivity contribution in [2.45, 2.75) is 110 Å². The normalized spacial score (nSPS) is 17.2. The van der Waals surface area contributed by atoms with Gasteiger partial charge in [-0.15, -0.1) is 0 Å². The zero-order valence-electron chi connectivity index (χ0n) is 41.8. The Bertz CT molecular complexity index is 3520. The van der Waals surface area contributed by atoms with Crippen molar-refractivity contribution in [3.8, 4) is 67.4 Å². The molecule has 1 atom stereocenters. The highest BCUT2D eigenvalue weighted by molar-refractivity contribution is 5.87. The molecule has 0 amide bonds. The molecule has 0 spiro atoms. The quantitative estimate of drug-likeness (QED) is 0.153. The molecule has 3 heterocycles. The number of aromatic nitrogens is 3. The van der Waals surface area contributed by atoms with E-state index in [1.165, 1.54) is 89.0 Å². The van der Waals surface area contributed by atoms with E-state index < -0.39 is 0 Å². The van der Waals surface area contributed by atoms with E-state index in [1.54, 1.807) is 0 Å². The van der Waals surface area contributed by atoms with E-state index in [2.05, 4.69) is 221 Å². The average Bonchev–Trinajstić information content (AvgIpc) is 3.95. The third-order valence-electron chi connectivity index (χ3n) is 17.3. The maximum atomic E-state index is 5.45. The van der Waals surface area contributed by atoms with Crippen LogP contribution in [0.25, 0.3) is 73.0 Å². The smallest absolute Gasteiger partial charge is 0.0753 e. The summed E-state index contributed by atoms with van der Waals surface area (Å²) >= 11 is 0. The van der Waals surface area contributed by atoms with Gasteiger partial charge >= 0.3 is 0 Å². The third kappa shape index (κ3) is 6.21. The van der Waals surface area contributed by atoms with Crippen LogP contribution in [0.15, 0.2) is 163 Å². The molecular weight excluding hydrogens is 835 g/mol. The number of rotatable bonds is 8. The van der Waals surface area contributed by atoms with Crippen LogP contribution in [0.5, 0.6) is 0 Å². The average molecular weight is 896 g/mol. The van der Waals surface area contributed by atoms with Gasteiger partial charge in [-0.3, -0.25) is 4.98 Å². The Balaban J connectivity index is 0.816. The Morgan fingerprint density at radius 3 is 1.72 bits per heavy atom. The first kappa shape index (κ1) is 43.3. The molecule has 0 fully saturated rings. The van der Waals surface area contributed by atoms with Gasteiger partial charge in [-0.05, 0) is 134 Å².